The smallest absolute Gasteiger partial charge is 0.390 e. The minimum absolute atomic E-state index is 0.0392. The average Bonchev–Trinajstić information content (AvgIpc) is 3.20. The Labute approximate surface area is 203 Å². The van der Waals surface area contributed by atoms with Gasteiger partial charge in [-0.2, -0.15) is 9.78 Å². The van der Waals surface area contributed by atoms with Gasteiger partial charge in [0.1, 0.15) is 6.54 Å². The van der Waals surface area contributed by atoms with Crippen molar-refractivity contribution in [1.29, 1.82) is 0 Å². The Bertz CT molecular complexity index is 1380. The Hall–Kier alpha value is -5.14. The van der Waals surface area contributed by atoms with Gasteiger partial charge in [-0.3, -0.25) is 14.9 Å². The van der Waals surface area contributed by atoms with E-state index in [1.807, 2.05) is 0 Å². The van der Waals surface area contributed by atoms with Crippen LogP contribution in [0.1, 0.15) is 27.2 Å². The van der Waals surface area contributed by atoms with Gasteiger partial charge in [-0.15, -0.1) is 0 Å². The number of aromatic nitrogens is 2. The summed E-state index contributed by atoms with van der Waals surface area (Å²) in [5.41, 5.74) is 3.23. The van der Waals surface area contributed by atoms with Gasteiger partial charge in [0.15, 0.2) is 11.5 Å². The fourth-order valence-electron chi connectivity index (χ4n) is 3.14. The lowest BCUT2D eigenvalue weighted by Crippen LogP contribution is -2.24. The summed E-state index contributed by atoms with van der Waals surface area (Å²) in [6, 6.07) is 9.84. The van der Waals surface area contributed by atoms with E-state index < -0.39 is 21.7 Å². The monoisotopic (exact) mass is 496 g/mol. The molecule has 0 radical (unpaired) electrons. The molecule has 14 nitrogen and oxygen atoms in total. The molecule has 0 aliphatic carbocycles. The number of nitrogens with one attached hydrogen (secondary N) is 1. The van der Waals surface area contributed by atoms with Gasteiger partial charge in [0.05, 0.1) is 40.7 Å². The van der Waals surface area contributed by atoms with Crippen LogP contribution in [-0.2, 0) is 11.3 Å². The number of carbonyl (C=O) groups is 2. The number of nitro benzene ring substituents is 1. The van der Waals surface area contributed by atoms with Gasteiger partial charge in [0.2, 0.25) is 0 Å². The van der Waals surface area contributed by atoms with E-state index in [1.165, 1.54) is 61.3 Å². The Balaban J connectivity index is 1.67. The molecular formula is C22H20N6O8. The van der Waals surface area contributed by atoms with Crippen molar-refractivity contribution < 1.29 is 28.9 Å². The number of nitrogens with zero attached hydrogens (tertiary/aromatic N) is 5. The number of nitro groups is 2. The van der Waals surface area contributed by atoms with Gasteiger partial charge in [0, 0.05) is 11.6 Å². The minimum Gasteiger partial charge on any atom is -0.493 e. The number of hydrazone groups is 1. The molecule has 3 rings (SSSR count). The molecule has 0 aliphatic heterocycles. The summed E-state index contributed by atoms with van der Waals surface area (Å²) in [6.07, 6.45) is 1.31. The van der Waals surface area contributed by atoms with Crippen molar-refractivity contribution in [3.05, 3.63) is 85.1 Å². The van der Waals surface area contributed by atoms with Crippen LogP contribution >= 0.6 is 0 Å². The Morgan fingerprint density at radius 1 is 1.11 bits per heavy atom. The lowest BCUT2D eigenvalue weighted by atomic mass is 10.1. The molecule has 1 heterocycles. The molecule has 36 heavy (non-hydrogen) atoms. The molecule has 1 amide bonds. The summed E-state index contributed by atoms with van der Waals surface area (Å²) in [5, 5.41) is 29.5. The van der Waals surface area contributed by atoms with E-state index in [-0.39, 0.29) is 40.7 Å². The van der Waals surface area contributed by atoms with Gasteiger partial charge < -0.3 is 19.6 Å². The minimum atomic E-state index is -0.794. The molecule has 0 saturated heterocycles. The van der Waals surface area contributed by atoms with Crippen LogP contribution in [-0.4, -0.2) is 44.8 Å². The number of rotatable bonds is 9. The Kier molecular flexibility index (Phi) is 7.69. The van der Waals surface area contributed by atoms with E-state index in [0.29, 0.717) is 11.3 Å². The van der Waals surface area contributed by atoms with Crippen molar-refractivity contribution >= 4 is 29.6 Å². The molecule has 0 aliphatic rings. The summed E-state index contributed by atoms with van der Waals surface area (Å²) >= 11 is 0. The standard InChI is InChI=1S/C22H20N6O8/c1-13-9-20(28(33)34)25-26(13)12-21(29)24-23-11-15-7-8-18(19(10-15)35-3)36-22(30)16-5-4-6-17(14(16)2)27(31)32/h4-11H,12H2,1-3H3,(H,24,29)/b23-11+. The highest BCUT2D eigenvalue weighted by atomic mass is 16.6. The van der Waals surface area contributed by atoms with Crippen LogP contribution in [0.15, 0.2) is 47.6 Å². The summed E-state index contributed by atoms with van der Waals surface area (Å²) in [4.78, 5) is 45.4. The number of amides is 1. The van der Waals surface area contributed by atoms with Gasteiger partial charge in [-0.1, -0.05) is 6.07 Å². The van der Waals surface area contributed by atoms with Gasteiger partial charge >= 0.3 is 11.8 Å². The highest BCUT2D eigenvalue weighted by Crippen LogP contribution is 2.29. The largest absolute Gasteiger partial charge is 0.493 e. The first-order valence-electron chi connectivity index (χ1n) is 10.3. The fraction of sp³-hybridized carbons (Fsp3) is 0.182. The van der Waals surface area contributed by atoms with E-state index in [2.05, 4.69) is 15.6 Å². The van der Waals surface area contributed by atoms with Crippen LogP contribution < -0.4 is 14.9 Å². The predicted octanol–water partition coefficient (Wildman–Crippen LogP) is 2.69. The normalized spacial score (nSPS) is 10.8. The van der Waals surface area contributed by atoms with Gasteiger partial charge in [-0.25, -0.2) is 10.2 Å². The predicted molar refractivity (Wildman–Crippen MR) is 125 cm³/mol. The summed E-state index contributed by atoms with van der Waals surface area (Å²) in [5.74, 6) is -1.46. The highest BCUT2D eigenvalue weighted by molar-refractivity contribution is 5.94. The third-order valence-electron chi connectivity index (χ3n) is 4.96. The second-order valence-electron chi connectivity index (χ2n) is 7.36. The van der Waals surface area contributed by atoms with Crippen molar-refractivity contribution in [1.82, 2.24) is 15.2 Å². The number of carbonyl (C=O) groups excluding carboxylic acids is 2. The first-order chi connectivity index (χ1) is 17.1. The maximum atomic E-state index is 12.6. The van der Waals surface area contributed by atoms with Crippen molar-refractivity contribution in [2.75, 3.05) is 7.11 Å². The van der Waals surface area contributed by atoms with Crippen LogP contribution in [0, 0.1) is 34.1 Å². The molecule has 0 spiro atoms. The molecule has 0 saturated carbocycles. The molecule has 0 unspecified atom stereocenters. The SMILES string of the molecule is COc1cc(/C=N/NC(=O)Cn2nc([N+](=O)[O-])cc2C)ccc1OC(=O)c1cccc([N+](=O)[O-])c1C. The molecule has 186 valence electrons. The molecule has 0 fully saturated rings. The first kappa shape index (κ1) is 25.5. The quantitative estimate of drug-likeness (QED) is 0.153. The number of benzene rings is 2. The molecule has 1 aromatic heterocycles. The van der Waals surface area contributed by atoms with Crippen LogP contribution in [0.25, 0.3) is 0 Å². The second kappa shape index (κ2) is 10.9. The summed E-state index contributed by atoms with van der Waals surface area (Å²) in [6.45, 7) is 2.76. The third kappa shape index (κ3) is 5.85. The van der Waals surface area contributed by atoms with E-state index in [1.54, 1.807) is 13.0 Å². The van der Waals surface area contributed by atoms with Crippen LogP contribution in [0.3, 0.4) is 0 Å². The first-order valence-corrected chi connectivity index (χ1v) is 10.3. The zero-order chi connectivity index (χ0) is 26.4. The van der Waals surface area contributed by atoms with Crippen LogP contribution in [0.4, 0.5) is 11.5 Å². The number of hydrogen-bond donors (Lipinski definition) is 1. The van der Waals surface area contributed by atoms with Gasteiger partial charge in [0.25, 0.3) is 11.6 Å². The lowest BCUT2D eigenvalue weighted by Gasteiger charge is -2.11. The average molecular weight is 496 g/mol. The van der Waals surface area contributed by atoms with Crippen molar-refractivity contribution in [2.45, 2.75) is 20.4 Å². The molecular weight excluding hydrogens is 476 g/mol. The molecule has 14 heteroatoms. The molecule has 0 atom stereocenters. The Morgan fingerprint density at radius 3 is 2.50 bits per heavy atom. The van der Waals surface area contributed by atoms with E-state index in [9.17, 15) is 29.8 Å². The summed E-state index contributed by atoms with van der Waals surface area (Å²) < 4.78 is 11.8. The number of hydrogen-bond acceptors (Lipinski definition) is 10. The maximum Gasteiger partial charge on any atom is 0.390 e. The maximum absolute atomic E-state index is 12.6. The van der Waals surface area contributed by atoms with Crippen LogP contribution in [0.2, 0.25) is 0 Å². The summed E-state index contributed by atoms with van der Waals surface area (Å²) in [7, 11) is 1.36. The highest BCUT2D eigenvalue weighted by Gasteiger charge is 2.21. The zero-order valence-corrected chi connectivity index (χ0v) is 19.3. The van der Waals surface area contributed by atoms with Crippen molar-refractivity contribution in [3.8, 4) is 11.5 Å². The van der Waals surface area contributed by atoms with Crippen molar-refractivity contribution in [3.63, 3.8) is 0 Å². The molecule has 2 aromatic carbocycles. The fourth-order valence-corrected chi connectivity index (χ4v) is 3.14. The van der Waals surface area contributed by atoms with Gasteiger partial charge in [-0.05, 0) is 48.6 Å². The second-order valence-corrected chi connectivity index (χ2v) is 7.36. The third-order valence-corrected chi connectivity index (χ3v) is 4.96. The molecule has 3 aromatic rings. The molecule has 0 bridgehead atoms. The van der Waals surface area contributed by atoms with E-state index in [4.69, 9.17) is 9.47 Å². The number of esters is 1. The van der Waals surface area contributed by atoms with E-state index in [0.717, 1.165) is 0 Å². The lowest BCUT2D eigenvalue weighted by molar-refractivity contribution is -0.389. The van der Waals surface area contributed by atoms with E-state index >= 15 is 0 Å². The number of methoxy groups -OCH3 is 1. The van der Waals surface area contributed by atoms with Crippen molar-refractivity contribution in [2.24, 2.45) is 5.10 Å². The zero-order valence-electron chi connectivity index (χ0n) is 19.3. The molecule has 1 N–H and O–H groups in total. The topological polar surface area (TPSA) is 181 Å². The number of aryl methyl sites for hydroxylation is 1. The Morgan fingerprint density at radius 2 is 1.86 bits per heavy atom. The number of ether oxygens (including phenoxy) is 2. The van der Waals surface area contributed by atoms with Crippen LogP contribution in [0.5, 0.6) is 11.5 Å².